The van der Waals surface area contributed by atoms with Crippen LogP contribution in [-0.4, -0.2) is 28.4 Å². The molecule has 1 aromatic carbocycles. The van der Waals surface area contributed by atoms with Crippen molar-refractivity contribution in [2.24, 2.45) is 5.10 Å². The number of hydrogen-bond acceptors (Lipinski definition) is 4. The molecule has 1 heterocycles. The minimum Gasteiger partial charge on any atom is -0.309 e. The third kappa shape index (κ3) is 5.60. The van der Waals surface area contributed by atoms with Crippen molar-refractivity contribution in [3.05, 3.63) is 56.0 Å². The Balaban J connectivity index is 2.13. The summed E-state index contributed by atoms with van der Waals surface area (Å²) in [5.74, 6) is 0. The predicted octanol–water partition coefficient (Wildman–Crippen LogP) is 5.19. The number of benzene rings is 1. The highest BCUT2D eigenvalue weighted by atomic mass is 35.5. The molecule has 25 heavy (non-hydrogen) atoms. The molecule has 0 bridgehead atoms. The molecule has 0 aliphatic rings. The molecule has 0 unspecified atom stereocenters. The smallest absolute Gasteiger partial charge is 0.309 e. The quantitative estimate of drug-likeness (QED) is 0.402. The Bertz CT molecular complexity index is 796. The van der Waals surface area contributed by atoms with E-state index in [1.807, 2.05) is 0 Å². The van der Waals surface area contributed by atoms with Crippen LogP contribution < -0.4 is 5.43 Å². The molecule has 1 N–H and O–H groups in total. The highest BCUT2D eigenvalue weighted by Gasteiger charge is 2.39. The normalized spacial score (nSPS) is 12.4. The molecule has 0 aliphatic carbocycles. The zero-order chi connectivity index (χ0) is 18.6. The minimum absolute atomic E-state index is 0.0968. The van der Waals surface area contributed by atoms with Gasteiger partial charge in [0.15, 0.2) is 10.9 Å². The Morgan fingerprint density at radius 1 is 1.16 bits per heavy atom. The van der Waals surface area contributed by atoms with Crippen LogP contribution in [0, 0.1) is 0 Å². The zero-order valence-electron chi connectivity index (χ0n) is 12.2. The maximum absolute atomic E-state index is 13.2. The van der Waals surface area contributed by atoms with Gasteiger partial charge in [0.1, 0.15) is 10.8 Å². The van der Waals surface area contributed by atoms with Gasteiger partial charge < -0.3 is 5.43 Å². The molecule has 2 aromatic rings. The number of halogens is 7. The third-order valence-electron chi connectivity index (χ3n) is 2.91. The number of rotatable bonds is 5. The van der Waals surface area contributed by atoms with Crippen LogP contribution >= 0.6 is 46.4 Å². The average molecular weight is 432 g/mol. The van der Waals surface area contributed by atoms with Gasteiger partial charge in [0.25, 0.3) is 0 Å². The standard InChI is InChI=1S/C14H9Cl4F3N4/c15-8-2-1-7(9(16)5-8)3-4-23-25-12(14(19,20)21)11-13(18)24-10(17)6-22-11/h1-2,5-6,23H,3-4H2/b25-12-. The van der Waals surface area contributed by atoms with E-state index in [0.29, 0.717) is 22.0 Å². The van der Waals surface area contributed by atoms with Crippen LogP contribution in [0.15, 0.2) is 29.5 Å². The molecule has 0 amide bonds. The van der Waals surface area contributed by atoms with Crippen LogP contribution in [0.25, 0.3) is 0 Å². The highest BCUT2D eigenvalue weighted by Crippen LogP contribution is 2.25. The fourth-order valence-electron chi connectivity index (χ4n) is 1.81. The van der Waals surface area contributed by atoms with Gasteiger partial charge in [-0.2, -0.15) is 18.3 Å². The van der Waals surface area contributed by atoms with Crippen LogP contribution in [-0.2, 0) is 6.42 Å². The van der Waals surface area contributed by atoms with Gasteiger partial charge in [0.05, 0.1) is 6.20 Å². The molecule has 0 saturated carbocycles. The van der Waals surface area contributed by atoms with Crippen molar-refractivity contribution < 1.29 is 13.2 Å². The molecule has 0 atom stereocenters. The van der Waals surface area contributed by atoms with Gasteiger partial charge in [-0.15, -0.1) is 0 Å². The lowest BCUT2D eigenvalue weighted by Crippen LogP contribution is -2.29. The first-order chi connectivity index (χ1) is 11.7. The second-order valence-corrected chi connectivity index (χ2v) is 6.27. The molecule has 0 aliphatic heterocycles. The summed E-state index contributed by atoms with van der Waals surface area (Å²) in [6, 6.07) is 4.87. The number of aromatic nitrogens is 2. The molecular formula is C14H9Cl4F3N4. The molecule has 134 valence electrons. The summed E-state index contributed by atoms with van der Waals surface area (Å²) in [5, 5.41) is 3.63. The fourth-order valence-corrected chi connectivity index (χ4v) is 2.71. The second-order valence-electron chi connectivity index (χ2n) is 4.68. The first kappa shape index (κ1) is 20.0. The lowest BCUT2D eigenvalue weighted by atomic mass is 10.1. The van der Waals surface area contributed by atoms with E-state index in [1.165, 1.54) is 0 Å². The van der Waals surface area contributed by atoms with Crippen molar-refractivity contribution in [2.75, 3.05) is 6.54 Å². The molecule has 0 fully saturated rings. The van der Waals surface area contributed by atoms with Crippen molar-refractivity contribution in [3.63, 3.8) is 0 Å². The zero-order valence-corrected chi connectivity index (χ0v) is 15.2. The van der Waals surface area contributed by atoms with E-state index in [9.17, 15) is 13.2 Å². The molecule has 0 spiro atoms. The Labute approximate surface area is 161 Å². The van der Waals surface area contributed by atoms with Gasteiger partial charge in [-0.05, 0) is 24.1 Å². The van der Waals surface area contributed by atoms with E-state index in [2.05, 4.69) is 20.5 Å². The number of nitrogens with zero attached hydrogens (tertiary/aromatic N) is 3. The summed E-state index contributed by atoms with van der Waals surface area (Å²) in [5.41, 5.74) is 1.14. The largest absolute Gasteiger partial charge is 0.437 e. The van der Waals surface area contributed by atoms with Gasteiger partial charge in [0.2, 0.25) is 0 Å². The van der Waals surface area contributed by atoms with Gasteiger partial charge in [0, 0.05) is 16.6 Å². The molecule has 4 nitrogen and oxygen atoms in total. The predicted molar refractivity (Wildman–Crippen MR) is 92.8 cm³/mol. The van der Waals surface area contributed by atoms with Crippen LogP contribution in [0.5, 0.6) is 0 Å². The Kier molecular flexibility index (Phi) is 6.73. The van der Waals surface area contributed by atoms with E-state index in [-0.39, 0.29) is 11.7 Å². The van der Waals surface area contributed by atoms with Crippen molar-refractivity contribution in [2.45, 2.75) is 12.6 Å². The molecule has 0 saturated heterocycles. The Morgan fingerprint density at radius 3 is 2.48 bits per heavy atom. The summed E-state index contributed by atoms with van der Waals surface area (Å²) in [6.07, 6.45) is -3.49. The van der Waals surface area contributed by atoms with Gasteiger partial charge >= 0.3 is 6.18 Å². The van der Waals surface area contributed by atoms with E-state index in [1.54, 1.807) is 18.2 Å². The van der Waals surface area contributed by atoms with Crippen LogP contribution in [0.4, 0.5) is 13.2 Å². The maximum Gasteiger partial charge on any atom is 0.437 e. The lowest BCUT2D eigenvalue weighted by Gasteiger charge is -2.11. The van der Waals surface area contributed by atoms with Crippen LogP contribution in [0.2, 0.25) is 20.4 Å². The lowest BCUT2D eigenvalue weighted by molar-refractivity contribution is -0.0586. The monoisotopic (exact) mass is 430 g/mol. The van der Waals surface area contributed by atoms with Gasteiger partial charge in [-0.25, -0.2) is 9.97 Å². The summed E-state index contributed by atoms with van der Waals surface area (Å²) >= 11 is 23.0. The molecule has 0 radical (unpaired) electrons. The van der Waals surface area contributed by atoms with Crippen LogP contribution in [0.1, 0.15) is 11.3 Å². The van der Waals surface area contributed by atoms with E-state index in [4.69, 9.17) is 46.4 Å². The summed E-state index contributed by atoms with van der Waals surface area (Å²) in [7, 11) is 0. The van der Waals surface area contributed by atoms with E-state index < -0.39 is 22.7 Å². The number of hydrazone groups is 1. The number of nitrogens with one attached hydrogen (secondary N) is 1. The Morgan fingerprint density at radius 2 is 1.88 bits per heavy atom. The molecule has 1 aromatic heterocycles. The summed E-state index contributed by atoms with van der Waals surface area (Å²) < 4.78 is 39.5. The Hall–Kier alpha value is -1.28. The molecular weight excluding hydrogens is 423 g/mol. The second kappa shape index (κ2) is 8.40. The fraction of sp³-hybridized carbons (Fsp3) is 0.214. The molecule has 11 heteroatoms. The van der Waals surface area contributed by atoms with Gasteiger partial charge in [-0.1, -0.05) is 52.5 Å². The summed E-state index contributed by atoms with van der Waals surface area (Å²) in [6.45, 7) is 0.0968. The minimum atomic E-state index is -4.78. The van der Waals surface area contributed by atoms with Crippen molar-refractivity contribution in [1.29, 1.82) is 0 Å². The van der Waals surface area contributed by atoms with Crippen LogP contribution in [0.3, 0.4) is 0 Å². The van der Waals surface area contributed by atoms with Crippen molar-refractivity contribution in [3.8, 4) is 0 Å². The molecule has 2 rings (SSSR count). The highest BCUT2D eigenvalue weighted by molar-refractivity contribution is 6.35. The summed E-state index contributed by atoms with van der Waals surface area (Å²) in [4.78, 5) is 7.09. The maximum atomic E-state index is 13.2. The number of hydrogen-bond donors (Lipinski definition) is 1. The van der Waals surface area contributed by atoms with Crippen molar-refractivity contribution >= 4 is 52.1 Å². The number of alkyl halides is 3. The van der Waals surface area contributed by atoms with E-state index in [0.717, 1.165) is 6.20 Å². The topological polar surface area (TPSA) is 50.2 Å². The first-order valence-corrected chi connectivity index (χ1v) is 8.19. The van der Waals surface area contributed by atoms with E-state index >= 15 is 0 Å². The first-order valence-electron chi connectivity index (χ1n) is 6.68. The average Bonchev–Trinajstić information content (AvgIpc) is 2.49. The third-order valence-corrected chi connectivity index (χ3v) is 3.94. The SMILES string of the molecule is FC(F)(F)/C(=N\NCCc1ccc(Cl)cc1Cl)c1ncc(Cl)nc1Cl. The van der Waals surface area contributed by atoms with Gasteiger partial charge in [-0.3, -0.25) is 0 Å². The van der Waals surface area contributed by atoms with Crippen molar-refractivity contribution in [1.82, 2.24) is 15.4 Å².